The van der Waals surface area contributed by atoms with Gasteiger partial charge in [0.05, 0.1) is 0 Å². The molecule has 66 valence electrons. The second-order valence-corrected chi connectivity index (χ2v) is 2.02. The predicted molar refractivity (Wildman–Crippen MR) is 47.1 cm³/mol. The van der Waals surface area contributed by atoms with Gasteiger partial charge >= 0.3 is 0 Å². The van der Waals surface area contributed by atoms with Gasteiger partial charge in [0.25, 0.3) is 5.15 Å². The Morgan fingerprint density at radius 1 is 1.27 bits per heavy atom. The normalized spacial score (nSPS) is 6.73. The summed E-state index contributed by atoms with van der Waals surface area (Å²) in [7, 11) is 1.91. The molecule has 0 unspecified atom stereocenters. The number of aromatic nitrogens is 1. The molecule has 0 aliphatic rings. The molecule has 0 spiro atoms. The molecule has 0 amide bonds. The third-order valence-electron chi connectivity index (χ3n) is 0.991. The van der Waals surface area contributed by atoms with Crippen molar-refractivity contribution in [1.29, 1.82) is 0 Å². The summed E-state index contributed by atoms with van der Waals surface area (Å²) in [4.78, 5) is 0. The number of halogens is 4. The lowest BCUT2D eigenvalue weighted by molar-refractivity contribution is -0.669. The van der Waals surface area contributed by atoms with E-state index in [1.807, 2.05) is 36.0 Å². The Balaban J connectivity index is -0.000000213. The Bertz CT molecular complexity index is 174. The Morgan fingerprint density at radius 2 is 1.82 bits per heavy atom. The van der Waals surface area contributed by atoms with Crippen molar-refractivity contribution >= 4 is 36.4 Å². The first-order valence-electron chi connectivity index (χ1n) is 2.41. The van der Waals surface area contributed by atoms with Gasteiger partial charge in [0, 0.05) is 12.1 Å². The summed E-state index contributed by atoms with van der Waals surface area (Å²) < 4.78 is 1.85. The van der Waals surface area contributed by atoms with Crippen LogP contribution in [0, 0.1) is 0 Å². The van der Waals surface area contributed by atoms with Crippen molar-refractivity contribution in [2.45, 2.75) is 0 Å². The van der Waals surface area contributed by atoms with Crippen LogP contribution in [0.4, 0.5) is 0 Å². The lowest BCUT2D eigenvalue weighted by Gasteiger charge is -1.84. The van der Waals surface area contributed by atoms with Gasteiger partial charge in [-0.2, -0.15) is 4.57 Å². The minimum Gasteiger partial charge on any atom is -1.00 e. The standard InChI is InChI=1S/C6H7ClN.2ClH.HI/c1-8-5-3-2-4-6(8)7;;;/h2-5H,1H3;3*1H/q+1;;;/p-1. The zero-order valence-corrected chi connectivity index (χ0v) is 10.4. The summed E-state index contributed by atoms with van der Waals surface area (Å²) >= 11 is 5.67. The Hall–Kier alpha value is 0.750. The maximum atomic E-state index is 5.67. The van der Waals surface area contributed by atoms with Crippen LogP contribution >= 0.6 is 36.4 Å². The van der Waals surface area contributed by atoms with Gasteiger partial charge in [-0.25, -0.2) is 0 Å². The molecule has 0 bridgehead atoms. The largest absolute Gasteiger partial charge is 1.00 e. The summed E-state index contributed by atoms with van der Waals surface area (Å²) in [6.07, 6.45) is 1.91. The SMILES string of the molecule is C[n+]1ccccc1Cl.Cl.Cl.[I-]. The zero-order chi connectivity index (χ0) is 5.98. The summed E-state index contributed by atoms with van der Waals surface area (Å²) in [6, 6.07) is 5.69. The molecule has 1 aromatic heterocycles. The van der Waals surface area contributed by atoms with Crippen molar-refractivity contribution in [1.82, 2.24) is 0 Å². The van der Waals surface area contributed by atoms with Crippen LogP contribution in [0.1, 0.15) is 0 Å². The van der Waals surface area contributed by atoms with Crippen LogP contribution < -0.4 is 28.5 Å². The van der Waals surface area contributed by atoms with Crippen molar-refractivity contribution in [2.24, 2.45) is 7.05 Å². The summed E-state index contributed by atoms with van der Waals surface area (Å²) in [5.74, 6) is 0. The molecule has 0 aliphatic heterocycles. The Labute approximate surface area is 101 Å². The smallest absolute Gasteiger partial charge is 0.274 e. The van der Waals surface area contributed by atoms with Crippen LogP contribution in [0.5, 0.6) is 0 Å². The minimum absolute atomic E-state index is 0. The van der Waals surface area contributed by atoms with Crippen LogP contribution in [0.3, 0.4) is 0 Å². The first-order chi connectivity index (χ1) is 3.80. The number of hydrogen-bond acceptors (Lipinski definition) is 0. The number of aryl methyl sites for hydroxylation is 1. The van der Waals surface area contributed by atoms with E-state index in [-0.39, 0.29) is 48.8 Å². The van der Waals surface area contributed by atoms with Crippen molar-refractivity contribution in [3.8, 4) is 0 Å². The fourth-order valence-electron chi connectivity index (χ4n) is 0.503. The van der Waals surface area contributed by atoms with Crippen molar-refractivity contribution in [3.63, 3.8) is 0 Å². The predicted octanol–water partition coefficient (Wildman–Crippen LogP) is -0.988. The fraction of sp³-hybridized carbons (Fsp3) is 0.167. The lowest BCUT2D eigenvalue weighted by Crippen LogP contribution is -3.00. The molecule has 0 saturated carbocycles. The summed E-state index contributed by atoms with van der Waals surface area (Å²) in [6.45, 7) is 0. The van der Waals surface area contributed by atoms with E-state index in [2.05, 4.69) is 0 Å². The monoisotopic (exact) mass is 327 g/mol. The number of pyridine rings is 1. The van der Waals surface area contributed by atoms with Crippen LogP contribution in [0.2, 0.25) is 5.15 Å². The van der Waals surface area contributed by atoms with Gasteiger partial charge in [-0.3, -0.25) is 0 Å². The number of nitrogens with zero attached hydrogens (tertiary/aromatic N) is 1. The summed E-state index contributed by atoms with van der Waals surface area (Å²) in [5.41, 5.74) is 0. The van der Waals surface area contributed by atoms with Gasteiger partial charge in [0.1, 0.15) is 7.05 Å². The second kappa shape index (κ2) is 8.84. The molecule has 0 radical (unpaired) electrons. The van der Waals surface area contributed by atoms with Crippen LogP contribution in [-0.2, 0) is 7.05 Å². The molecule has 0 atom stereocenters. The van der Waals surface area contributed by atoms with Gasteiger partial charge < -0.3 is 24.0 Å². The molecular weight excluding hydrogens is 319 g/mol. The van der Waals surface area contributed by atoms with Crippen LogP contribution in [-0.4, -0.2) is 0 Å². The first-order valence-corrected chi connectivity index (χ1v) is 2.78. The van der Waals surface area contributed by atoms with Gasteiger partial charge in [-0.15, -0.1) is 24.8 Å². The Kier molecular flexibility index (Phi) is 14.3. The highest BCUT2D eigenvalue weighted by molar-refractivity contribution is 6.28. The van der Waals surface area contributed by atoms with E-state index in [0.29, 0.717) is 0 Å². The van der Waals surface area contributed by atoms with E-state index in [0.717, 1.165) is 5.15 Å². The van der Waals surface area contributed by atoms with Gasteiger partial charge in [0.15, 0.2) is 6.20 Å². The zero-order valence-electron chi connectivity index (χ0n) is 5.83. The molecule has 1 heterocycles. The van der Waals surface area contributed by atoms with E-state index >= 15 is 0 Å². The average Bonchev–Trinajstić information content (AvgIpc) is 1.77. The van der Waals surface area contributed by atoms with Crippen LogP contribution in [0.15, 0.2) is 24.4 Å². The molecule has 0 saturated heterocycles. The molecule has 11 heavy (non-hydrogen) atoms. The molecule has 1 rings (SSSR count). The maximum Gasteiger partial charge on any atom is 0.274 e. The molecule has 0 aromatic carbocycles. The fourth-order valence-corrected chi connectivity index (χ4v) is 0.632. The second-order valence-electron chi connectivity index (χ2n) is 1.63. The lowest BCUT2D eigenvalue weighted by atomic mass is 10.5. The molecule has 1 aromatic rings. The Morgan fingerprint density at radius 3 is 2.09 bits per heavy atom. The van der Waals surface area contributed by atoms with E-state index < -0.39 is 0 Å². The van der Waals surface area contributed by atoms with Gasteiger partial charge in [-0.05, 0) is 17.7 Å². The van der Waals surface area contributed by atoms with Crippen LogP contribution in [0.25, 0.3) is 0 Å². The van der Waals surface area contributed by atoms with Gasteiger partial charge in [0.2, 0.25) is 0 Å². The van der Waals surface area contributed by atoms with E-state index in [1.54, 1.807) is 0 Å². The third-order valence-corrected chi connectivity index (χ3v) is 1.38. The topological polar surface area (TPSA) is 3.88 Å². The van der Waals surface area contributed by atoms with Crippen molar-refractivity contribution < 1.29 is 28.5 Å². The number of rotatable bonds is 0. The highest BCUT2D eigenvalue weighted by Crippen LogP contribution is 1.95. The molecule has 0 fully saturated rings. The molecule has 0 N–H and O–H groups in total. The van der Waals surface area contributed by atoms with E-state index in [9.17, 15) is 0 Å². The molecule has 0 aliphatic carbocycles. The maximum absolute atomic E-state index is 5.67. The molecule has 5 heteroatoms. The number of hydrogen-bond donors (Lipinski definition) is 0. The quantitative estimate of drug-likeness (QED) is 0.327. The van der Waals surface area contributed by atoms with Crippen molar-refractivity contribution in [2.75, 3.05) is 0 Å². The van der Waals surface area contributed by atoms with E-state index in [1.165, 1.54) is 0 Å². The van der Waals surface area contributed by atoms with E-state index in [4.69, 9.17) is 11.6 Å². The van der Waals surface area contributed by atoms with Gasteiger partial charge in [-0.1, -0.05) is 0 Å². The average molecular weight is 328 g/mol. The summed E-state index contributed by atoms with van der Waals surface area (Å²) in [5, 5.41) is 0.757. The molecule has 1 nitrogen and oxygen atoms in total. The first kappa shape index (κ1) is 17.7. The molecular formula is C6H9Cl3IN. The minimum atomic E-state index is 0. The third kappa shape index (κ3) is 5.96. The van der Waals surface area contributed by atoms with Crippen molar-refractivity contribution in [3.05, 3.63) is 29.5 Å². The highest BCUT2D eigenvalue weighted by Gasteiger charge is 1.94. The highest BCUT2D eigenvalue weighted by atomic mass is 127.